The second-order valence-electron chi connectivity index (χ2n) is 12.4. The maximum atomic E-state index is 10.2. The van der Waals surface area contributed by atoms with Crippen LogP contribution in [0.4, 0.5) is 0 Å². The van der Waals surface area contributed by atoms with E-state index in [9.17, 15) is 5.11 Å². The van der Waals surface area contributed by atoms with Crippen molar-refractivity contribution in [2.24, 2.45) is 46.3 Å². The van der Waals surface area contributed by atoms with Crippen LogP contribution in [0.2, 0.25) is 0 Å². The van der Waals surface area contributed by atoms with Gasteiger partial charge in [0.05, 0.1) is 6.10 Å². The highest BCUT2D eigenvalue weighted by Crippen LogP contribution is 2.67. The normalized spacial score (nSPS) is 43.5. The van der Waals surface area contributed by atoms with Gasteiger partial charge in [-0.3, -0.25) is 0 Å². The molecule has 0 aliphatic heterocycles. The molecule has 2 heteroatoms. The summed E-state index contributed by atoms with van der Waals surface area (Å²) in [5.41, 5.74) is 1.09. The molecule has 4 aliphatic rings. The van der Waals surface area contributed by atoms with Crippen molar-refractivity contribution in [1.29, 1.82) is 0 Å². The SMILES string of the molecule is CC.CC(C)C.CC12CCC3C(CCC4CC(O)CCC43C)C1CCC2CCCCO. The summed E-state index contributed by atoms with van der Waals surface area (Å²) in [5.74, 6) is 5.36. The van der Waals surface area contributed by atoms with Gasteiger partial charge in [0, 0.05) is 6.61 Å². The summed E-state index contributed by atoms with van der Waals surface area (Å²) in [7, 11) is 0. The van der Waals surface area contributed by atoms with E-state index in [4.69, 9.17) is 5.11 Å². The van der Waals surface area contributed by atoms with Crippen LogP contribution in [0, 0.1) is 46.3 Å². The molecule has 2 nitrogen and oxygen atoms in total. The third-order valence-corrected chi connectivity index (χ3v) is 9.80. The molecule has 4 fully saturated rings. The van der Waals surface area contributed by atoms with E-state index >= 15 is 0 Å². The van der Waals surface area contributed by atoms with Gasteiger partial charge in [-0.2, -0.15) is 0 Å². The quantitative estimate of drug-likeness (QED) is 0.440. The summed E-state index contributed by atoms with van der Waals surface area (Å²) < 4.78 is 0. The van der Waals surface area contributed by atoms with Crippen molar-refractivity contribution in [3.8, 4) is 0 Å². The molecule has 0 aromatic heterocycles. The number of rotatable bonds is 4. The van der Waals surface area contributed by atoms with E-state index in [0.29, 0.717) is 17.4 Å². The average Bonchev–Trinajstić information content (AvgIpc) is 3.06. The van der Waals surface area contributed by atoms with Crippen molar-refractivity contribution in [2.45, 2.75) is 132 Å². The van der Waals surface area contributed by atoms with Crippen molar-refractivity contribution in [2.75, 3.05) is 6.61 Å². The molecule has 0 spiro atoms. The zero-order valence-electron chi connectivity index (χ0n) is 22.1. The molecule has 8 atom stereocenters. The molecule has 0 saturated heterocycles. The summed E-state index contributed by atoms with van der Waals surface area (Å²) in [5, 5.41) is 19.3. The van der Waals surface area contributed by atoms with Gasteiger partial charge >= 0.3 is 0 Å². The lowest BCUT2D eigenvalue weighted by Crippen LogP contribution is -2.53. The van der Waals surface area contributed by atoms with E-state index < -0.39 is 0 Å². The number of aliphatic hydroxyl groups excluding tert-OH is 2. The monoisotopic (exact) mass is 436 g/mol. The van der Waals surface area contributed by atoms with E-state index in [2.05, 4.69) is 34.6 Å². The van der Waals surface area contributed by atoms with E-state index in [0.717, 1.165) is 54.8 Å². The highest BCUT2D eigenvalue weighted by atomic mass is 16.3. The van der Waals surface area contributed by atoms with E-state index in [1.165, 1.54) is 57.8 Å². The minimum absolute atomic E-state index is 0.0223. The smallest absolute Gasteiger partial charge is 0.0543 e. The topological polar surface area (TPSA) is 40.5 Å². The van der Waals surface area contributed by atoms with Crippen LogP contribution in [0.5, 0.6) is 0 Å². The fraction of sp³-hybridized carbons (Fsp3) is 1.00. The van der Waals surface area contributed by atoms with Crippen LogP contribution in [0.1, 0.15) is 126 Å². The lowest BCUT2D eigenvalue weighted by Gasteiger charge is -2.61. The Balaban J connectivity index is 0.000000513. The number of aliphatic hydroxyl groups is 2. The fourth-order valence-electron chi connectivity index (χ4n) is 8.32. The second kappa shape index (κ2) is 11.9. The molecule has 0 amide bonds. The first-order valence-corrected chi connectivity index (χ1v) is 14.0. The third-order valence-electron chi connectivity index (χ3n) is 9.80. The average molecular weight is 437 g/mol. The number of hydrogen-bond donors (Lipinski definition) is 2. The van der Waals surface area contributed by atoms with Gasteiger partial charge in [-0.1, -0.05) is 54.9 Å². The van der Waals surface area contributed by atoms with Crippen molar-refractivity contribution in [1.82, 2.24) is 0 Å². The van der Waals surface area contributed by atoms with Gasteiger partial charge in [-0.05, 0) is 117 Å². The summed E-state index contributed by atoms with van der Waals surface area (Å²) in [6.45, 7) is 16.1. The van der Waals surface area contributed by atoms with Crippen LogP contribution in [0.25, 0.3) is 0 Å². The number of hydrogen-bond acceptors (Lipinski definition) is 2. The molecule has 4 rings (SSSR count). The van der Waals surface area contributed by atoms with Gasteiger partial charge in [0.25, 0.3) is 0 Å². The molecule has 0 aromatic carbocycles. The molecule has 4 aliphatic carbocycles. The predicted octanol–water partition coefficient (Wildman–Crippen LogP) is 7.86. The summed E-state index contributed by atoms with van der Waals surface area (Å²) in [4.78, 5) is 0. The lowest BCUT2D eigenvalue weighted by atomic mass is 9.44. The molecule has 4 saturated carbocycles. The Morgan fingerprint density at radius 1 is 0.806 bits per heavy atom. The van der Waals surface area contributed by atoms with Gasteiger partial charge in [0.2, 0.25) is 0 Å². The molecule has 0 heterocycles. The number of fused-ring (bicyclic) bond motifs is 5. The van der Waals surface area contributed by atoms with Gasteiger partial charge in [-0.25, -0.2) is 0 Å². The van der Waals surface area contributed by atoms with Crippen molar-refractivity contribution >= 4 is 0 Å². The van der Waals surface area contributed by atoms with Gasteiger partial charge in [0.15, 0.2) is 0 Å². The predicted molar refractivity (Wildman–Crippen MR) is 134 cm³/mol. The van der Waals surface area contributed by atoms with Crippen LogP contribution in [0.3, 0.4) is 0 Å². The molecule has 184 valence electrons. The van der Waals surface area contributed by atoms with Gasteiger partial charge < -0.3 is 10.2 Å². The van der Waals surface area contributed by atoms with E-state index in [-0.39, 0.29) is 6.10 Å². The van der Waals surface area contributed by atoms with Crippen molar-refractivity contribution in [3.05, 3.63) is 0 Å². The molecular weight excluding hydrogens is 380 g/mol. The van der Waals surface area contributed by atoms with Gasteiger partial charge in [0.1, 0.15) is 0 Å². The maximum absolute atomic E-state index is 10.2. The standard InChI is InChI=1S/C23H40O2.C4H10.C2H6/c1-22-13-11-21-19(20(22)9-7-16(22)5-3-4-14-24)8-6-17-15-18(25)10-12-23(17,21)2;1-4(2)3;1-2/h16-21,24-25H,3-15H2,1-2H3;4H,1-3H3;1-2H3. The first-order valence-electron chi connectivity index (χ1n) is 14.0. The van der Waals surface area contributed by atoms with E-state index in [1.807, 2.05) is 13.8 Å². The third kappa shape index (κ3) is 5.89. The van der Waals surface area contributed by atoms with Crippen molar-refractivity contribution in [3.63, 3.8) is 0 Å². The Morgan fingerprint density at radius 2 is 1.42 bits per heavy atom. The molecule has 0 radical (unpaired) electrons. The molecule has 0 aromatic rings. The highest BCUT2D eigenvalue weighted by molar-refractivity contribution is 5.09. The van der Waals surface area contributed by atoms with Crippen LogP contribution in [-0.4, -0.2) is 22.9 Å². The van der Waals surface area contributed by atoms with Gasteiger partial charge in [-0.15, -0.1) is 0 Å². The highest BCUT2D eigenvalue weighted by Gasteiger charge is 2.59. The Labute approximate surface area is 195 Å². The Bertz CT molecular complexity index is 514. The lowest BCUT2D eigenvalue weighted by molar-refractivity contribution is -0.127. The minimum atomic E-state index is -0.0223. The molecule has 2 N–H and O–H groups in total. The summed E-state index contributed by atoms with van der Waals surface area (Å²) in [6, 6.07) is 0. The number of unbranched alkanes of at least 4 members (excludes halogenated alkanes) is 1. The Morgan fingerprint density at radius 3 is 2.06 bits per heavy atom. The van der Waals surface area contributed by atoms with Crippen LogP contribution >= 0.6 is 0 Å². The molecular formula is C29H56O2. The Hall–Kier alpha value is -0.0800. The van der Waals surface area contributed by atoms with Crippen LogP contribution < -0.4 is 0 Å². The first-order chi connectivity index (χ1) is 14.7. The Kier molecular flexibility index (Phi) is 10.4. The van der Waals surface area contributed by atoms with Crippen molar-refractivity contribution < 1.29 is 10.2 Å². The maximum Gasteiger partial charge on any atom is 0.0543 e. The summed E-state index contributed by atoms with van der Waals surface area (Å²) >= 11 is 0. The zero-order chi connectivity index (χ0) is 23.2. The fourth-order valence-corrected chi connectivity index (χ4v) is 8.32. The zero-order valence-corrected chi connectivity index (χ0v) is 22.1. The minimum Gasteiger partial charge on any atom is -0.396 e. The van der Waals surface area contributed by atoms with Crippen LogP contribution in [-0.2, 0) is 0 Å². The largest absolute Gasteiger partial charge is 0.396 e. The second-order valence-corrected chi connectivity index (χ2v) is 12.4. The molecule has 0 bridgehead atoms. The van der Waals surface area contributed by atoms with E-state index in [1.54, 1.807) is 0 Å². The molecule has 8 unspecified atom stereocenters. The first kappa shape index (κ1) is 27.2. The van der Waals surface area contributed by atoms with Crippen LogP contribution in [0.15, 0.2) is 0 Å². The summed E-state index contributed by atoms with van der Waals surface area (Å²) in [6.07, 6.45) is 15.5. The molecule has 31 heavy (non-hydrogen) atoms.